The second kappa shape index (κ2) is 10.4. The Hall–Kier alpha value is -3.23. The molecule has 0 bridgehead atoms. The minimum absolute atomic E-state index is 0. The van der Waals surface area contributed by atoms with Crippen LogP contribution in [0.1, 0.15) is 12.5 Å². The third-order valence-electron chi connectivity index (χ3n) is 4.22. The molecule has 0 atom stereocenters. The molecule has 8 nitrogen and oxygen atoms in total. The number of nitrogens with two attached hydrogens (primary N) is 1. The van der Waals surface area contributed by atoms with Crippen LogP contribution < -0.4 is 21.7 Å². The molecular weight excluding hydrogens is 392 g/mol. The zero-order valence-corrected chi connectivity index (χ0v) is 16.8. The Morgan fingerprint density at radius 1 is 1.07 bits per heavy atom. The Labute approximate surface area is 174 Å². The molecule has 0 radical (unpaired) electrons. The van der Waals surface area contributed by atoms with Crippen LogP contribution in [0.2, 0.25) is 0 Å². The molecule has 0 fully saturated rings. The molecule has 1 aromatic carbocycles. The molecular formula is C20H23ClN6O2. The van der Waals surface area contributed by atoms with Crippen molar-refractivity contribution in [1.29, 1.82) is 0 Å². The molecule has 2 heterocycles. The van der Waals surface area contributed by atoms with Gasteiger partial charge in [0.05, 0.1) is 6.54 Å². The van der Waals surface area contributed by atoms with Gasteiger partial charge in [0.15, 0.2) is 0 Å². The Kier molecular flexibility index (Phi) is 7.88. The molecule has 3 aromatic rings. The normalized spacial score (nSPS) is 10.1. The van der Waals surface area contributed by atoms with E-state index in [1.807, 2.05) is 37.3 Å². The van der Waals surface area contributed by atoms with E-state index in [9.17, 15) is 9.59 Å². The zero-order chi connectivity index (χ0) is 19.9. The second-order valence-electron chi connectivity index (χ2n) is 6.09. The summed E-state index contributed by atoms with van der Waals surface area (Å²) in [6, 6.07) is 9.29. The van der Waals surface area contributed by atoms with E-state index < -0.39 is 0 Å². The van der Waals surface area contributed by atoms with Crippen molar-refractivity contribution in [2.45, 2.75) is 13.5 Å². The highest BCUT2D eigenvalue weighted by molar-refractivity contribution is 6.01. The van der Waals surface area contributed by atoms with Gasteiger partial charge in [-0.25, -0.2) is 9.78 Å². The SMILES string of the molecule is CCNC(=O)Nc1cc2c(-c3ccncc3)ccc(CNC(=O)CN)c2cn1.Cl. The largest absolute Gasteiger partial charge is 0.351 e. The number of halogens is 1. The van der Waals surface area contributed by atoms with Gasteiger partial charge in [0.25, 0.3) is 0 Å². The number of benzene rings is 1. The van der Waals surface area contributed by atoms with Crippen molar-refractivity contribution in [2.75, 3.05) is 18.4 Å². The first-order valence-corrected chi connectivity index (χ1v) is 8.96. The Balaban J connectivity index is 0.00000300. The number of carbonyl (C=O) groups is 2. The lowest BCUT2D eigenvalue weighted by Gasteiger charge is -2.14. The topological polar surface area (TPSA) is 122 Å². The van der Waals surface area contributed by atoms with Gasteiger partial charge in [-0.1, -0.05) is 12.1 Å². The van der Waals surface area contributed by atoms with Crippen molar-refractivity contribution in [3.63, 3.8) is 0 Å². The van der Waals surface area contributed by atoms with Crippen LogP contribution in [0.3, 0.4) is 0 Å². The summed E-state index contributed by atoms with van der Waals surface area (Å²) in [5.74, 6) is 0.214. The van der Waals surface area contributed by atoms with Crippen LogP contribution in [0.4, 0.5) is 10.6 Å². The van der Waals surface area contributed by atoms with Crippen molar-refractivity contribution in [3.05, 3.63) is 54.5 Å². The molecule has 3 amide bonds. The standard InChI is InChI=1S/C20H22N6O2.ClH/c1-2-23-20(28)26-18-9-16-15(13-5-7-22-8-6-13)4-3-14(17(16)12-24-18)11-25-19(27)10-21;/h3-9,12H,2,10-11,21H2,1H3,(H,25,27)(H2,23,24,26,28);1H. The third-order valence-corrected chi connectivity index (χ3v) is 4.22. The highest BCUT2D eigenvalue weighted by Crippen LogP contribution is 2.31. The molecule has 3 rings (SSSR count). The molecule has 9 heteroatoms. The van der Waals surface area contributed by atoms with Crippen LogP contribution in [0.5, 0.6) is 0 Å². The minimum Gasteiger partial charge on any atom is -0.351 e. The maximum atomic E-state index is 11.9. The molecule has 0 aliphatic rings. The predicted molar refractivity (Wildman–Crippen MR) is 116 cm³/mol. The lowest BCUT2D eigenvalue weighted by Crippen LogP contribution is -2.29. The van der Waals surface area contributed by atoms with Crippen LogP contribution in [0.15, 0.2) is 48.9 Å². The summed E-state index contributed by atoms with van der Waals surface area (Å²) < 4.78 is 0. The number of hydrogen-bond donors (Lipinski definition) is 4. The van der Waals surface area contributed by atoms with Crippen LogP contribution in [-0.2, 0) is 11.3 Å². The van der Waals surface area contributed by atoms with E-state index in [2.05, 4.69) is 25.9 Å². The van der Waals surface area contributed by atoms with Crippen LogP contribution in [0.25, 0.3) is 21.9 Å². The summed E-state index contributed by atoms with van der Waals surface area (Å²) in [5.41, 5.74) is 8.24. The summed E-state index contributed by atoms with van der Waals surface area (Å²) in [6.07, 6.45) is 5.16. The number of amides is 3. The maximum absolute atomic E-state index is 11.9. The fourth-order valence-corrected chi connectivity index (χ4v) is 2.89. The molecule has 0 spiro atoms. The quantitative estimate of drug-likeness (QED) is 0.493. The number of anilines is 1. The fraction of sp³-hybridized carbons (Fsp3) is 0.200. The Bertz CT molecular complexity index is 997. The summed E-state index contributed by atoms with van der Waals surface area (Å²) >= 11 is 0. The summed E-state index contributed by atoms with van der Waals surface area (Å²) in [5, 5.41) is 9.99. The van der Waals surface area contributed by atoms with Crippen molar-refractivity contribution < 1.29 is 9.59 Å². The van der Waals surface area contributed by atoms with E-state index in [0.29, 0.717) is 18.9 Å². The van der Waals surface area contributed by atoms with E-state index in [-0.39, 0.29) is 30.9 Å². The lowest BCUT2D eigenvalue weighted by atomic mass is 9.96. The molecule has 0 saturated heterocycles. The van der Waals surface area contributed by atoms with E-state index in [1.165, 1.54) is 0 Å². The van der Waals surface area contributed by atoms with Crippen molar-refractivity contribution in [3.8, 4) is 11.1 Å². The first kappa shape index (κ1) is 22.1. The fourth-order valence-electron chi connectivity index (χ4n) is 2.89. The molecule has 152 valence electrons. The van der Waals surface area contributed by atoms with Gasteiger partial charge >= 0.3 is 6.03 Å². The third kappa shape index (κ3) is 5.40. The van der Waals surface area contributed by atoms with Crippen molar-refractivity contribution in [2.24, 2.45) is 5.73 Å². The molecule has 0 aliphatic heterocycles. The van der Waals surface area contributed by atoms with Crippen LogP contribution in [-0.4, -0.2) is 35.0 Å². The lowest BCUT2D eigenvalue weighted by molar-refractivity contribution is -0.119. The monoisotopic (exact) mass is 414 g/mol. The number of nitrogens with one attached hydrogen (secondary N) is 3. The van der Waals surface area contributed by atoms with Gasteiger partial charge in [0.1, 0.15) is 5.82 Å². The number of carbonyl (C=O) groups excluding carboxylic acids is 2. The number of hydrogen-bond acceptors (Lipinski definition) is 5. The highest BCUT2D eigenvalue weighted by atomic mass is 35.5. The maximum Gasteiger partial charge on any atom is 0.320 e. The van der Waals surface area contributed by atoms with Crippen LogP contribution >= 0.6 is 12.4 Å². The van der Waals surface area contributed by atoms with Gasteiger partial charge in [-0.2, -0.15) is 0 Å². The van der Waals surface area contributed by atoms with E-state index in [0.717, 1.165) is 27.5 Å². The summed E-state index contributed by atoms with van der Waals surface area (Å²) in [6.45, 7) is 2.64. The summed E-state index contributed by atoms with van der Waals surface area (Å²) in [7, 11) is 0. The second-order valence-corrected chi connectivity index (χ2v) is 6.09. The molecule has 29 heavy (non-hydrogen) atoms. The van der Waals surface area contributed by atoms with Gasteiger partial charge in [-0.05, 0) is 47.2 Å². The highest BCUT2D eigenvalue weighted by Gasteiger charge is 2.11. The van der Waals surface area contributed by atoms with Gasteiger partial charge < -0.3 is 16.4 Å². The first-order valence-electron chi connectivity index (χ1n) is 8.96. The molecule has 5 N–H and O–H groups in total. The van der Waals surface area contributed by atoms with Gasteiger partial charge in [0, 0.05) is 37.1 Å². The van der Waals surface area contributed by atoms with Gasteiger partial charge in [0.2, 0.25) is 5.91 Å². The number of urea groups is 1. The van der Waals surface area contributed by atoms with E-state index in [4.69, 9.17) is 5.73 Å². The van der Waals surface area contributed by atoms with Crippen molar-refractivity contribution >= 4 is 40.9 Å². The number of nitrogens with zero attached hydrogens (tertiary/aromatic N) is 2. The summed E-state index contributed by atoms with van der Waals surface area (Å²) in [4.78, 5) is 31.8. The number of rotatable bonds is 6. The number of fused-ring (bicyclic) bond motifs is 1. The van der Waals surface area contributed by atoms with Gasteiger partial charge in [-0.15, -0.1) is 12.4 Å². The Morgan fingerprint density at radius 3 is 2.52 bits per heavy atom. The predicted octanol–water partition coefficient (Wildman–Crippen LogP) is 2.43. The average molecular weight is 415 g/mol. The minimum atomic E-state index is -0.314. The van der Waals surface area contributed by atoms with Crippen molar-refractivity contribution in [1.82, 2.24) is 20.6 Å². The number of aromatic nitrogens is 2. The van der Waals surface area contributed by atoms with E-state index in [1.54, 1.807) is 18.6 Å². The zero-order valence-electron chi connectivity index (χ0n) is 15.9. The number of pyridine rings is 2. The molecule has 0 unspecified atom stereocenters. The Morgan fingerprint density at radius 2 is 1.83 bits per heavy atom. The first-order chi connectivity index (χ1) is 13.6. The smallest absolute Gasteiger partial charge is 0.320 e. The molecule has 0 aliphatic carbocycles. The van der Waals surface area contributed by atoms with Gasteiger partial charge in [-0.3, -0.25) is 15.1 Å². The molecule has 2 aromatic heterocycles. The van der Waals surface area contributed by atoms with E-state index >= 15 is 0 Å². The van der Waals surface area contributed by atoms with Crippen LogP contribution in [0, 0.1) is 0 Å². The average Bonchev–Trinajstić information content (AvgIpc) is 2.72. The molecule has 0 saturated carbocycles.